The van der Waals surface area contributed by atoms with Crippen LogP contribution >= 0.6 is 11.8 Å². The van der Waals surface area contributed by atoms with Crippen LogP contribution in [0, 0.1) is 13.8 Å². The lowest BCUT2D eigenvalue weighted by molar-refractivity contribution is -0.119. The van der Waals surface area contributed by atoms with Crippen LogP contribution < -0.4 is 10.1 Å². The third kappa shape index (κ3) is 5.03. The van der Waals surface area contributed by atoms with Gasteiger partial charge in [0.15, 0.2) is 0 Å². The summed E-state index contributed by atoms with van der Waals surface area (Å²) in [6.07, 6.45) is 0. The molecule has 1 N–H and O–H groups in total. The summed E-state index contributed by atoms with van der Waals surface area (Å²) in [6.45, 7) is 8.36. The predicted octanol–water partition coefficient (Wildman–Crippen LogP) is 3.80. The van der Waals surface area contributed by atoms with Crippen LogP contribution in [0.25, 0.3) is 0 Å². The van der Waals surface area contributed by atoms with Gasteiger partial charge in [0.2, 0.25) is 5.91 Å². The molecule has 1 heterocycles. The molecule has 5 nitrogen and oxygen atoms in total. The molecule has 0 aliphatic carbocycles. The van der Waals surface area contributed by atoms with Crippen molar-refractivity contribution >= 4 is 17.7 Å². The highest BCUT2D eigenvalue weighted by Crippen LogP contribution is 2.21. The van der Waals surface area contributed by atoms with Crippen molar-refractivity contribution in [1.29, 1.82) is 0 Å². The number of nitrogens with one attached hydrogen (secondary N) is 1. The lowest BCUT2D eigenvalue weighted by atomic mass is 10.1. The molecule has 0 spiro atoms. The summed E-state index contributed by atoms with van der Waals surface area (Å²) in [7, 11) is 0. The van der Waals surface area contributed by atoms with Gasteiger partial charge in [-0.05, 0) is 45.4 Å². The molecule has 0 radical (unpaired) electrons. The van der Waals surface area contributed by atoms with Crippen LogP contribution in [0.15, 0.2) is 28.8 Å². The zero-order valence-electron chi connectivity index (χ0n) is 14.6. The molecule has 0 saturated carbocycles. The first kappa shape index (κ1) is 18.4. The zero-order valence-corrected chi connectivity index (χ0v) is 15.4. The summed E-state index contributed by atoms with van der Waals surface area (Å²) in [6, 6.07) is 7.75. The first-order valence-electron chi connectivity index (χ1n) is 8.02. The summed E-state index contributed by atoms with van der Waals surface area (Å²) in [5, 5.41) is 6.94. The monoisotopic (exact) mass is 348 g/mol. The number of aryl methyl sites for hydroxylation is 2. The third-order valence-corrected chi connectivity index (χ3v) is 4.67. The second-order valence-corrected chi connectivity index (χ2v) is 6.58. The Hall–Kier alpha value is -1.95. The second-order valence-electron chi connectivity index (χ2n) is 5.59. The number of carbonyl (C=O) groups is 1. The maximum Gasteiger partial charge on any atom is 0.230 e. The van der Waals surface area contributed by atoms with E-state index in [0.29, 0.717) is 12.4 Å². The van der Waals surface area contributed by atoms with E-state index in [-0.39, 0.29) is 11.9 Å². The number of amides is 1. The summed E-state index contributed by atoms with van der Waals surface area (Å²) < 4.78 is 10.6. The molecule has 2 aromatic rings. The zero-order chi connectivity index (χ0) is 17.5. The van der Waals surface area contributed by atoms with Gasteiger partial charge in [-0.1, -0.05) is 17.3 Å². The Labute approximate surface area is 147 Å². The quantitative estimate of drug-likeness (QED) is 0.786. The van der Waals surface area contributed by atoms with Gasteiger partial charge in [0, 0.05) is 11.3 Å². The first-order valence-corrected chi connectivity index (χ1v) is 9.18. The molecule has 24 heavy (non-hydrogen) atoms. The molecule has 1 aromatic heterocycles. The molecule has 1 unspecified atom stereocenters. The van der Waals surface area contributed by atoms with Crippen molar-refractivity contribution in [3.63, 3.8) is 0 Å². The number of benzene rings is 1. The fraction of sp³-hybridized carbons (Fsp3) is 0.444. The maximum atomic E-state index is 12.1. The molecule has 6 heteroatoms. The molecule has 0 saturated heterocycles. The van der Waals surface area contributed by atoms with Gasteiger partial charge in [-0.15, -0.1) is 11.8 Å². The van der Waals surface area contributed by atoms with Crippen molar-refractivity contribution in [1.82, 2.24) is 10.5 Å². The maximum absolute atomic E-state index is 12.1. The van der Waals surface area contributed by atoms with Gasteiger partial charge < -0.3 is 14.6 Å². The summed E-state index contributed by atoms with van der Waals surface area (Å²) >= 11 is 1.56. The second kappa shape index (κ2) is 8.78. The van der Waals surface area contributed by atoms with Gasteiger partial charge in [0.1, 0.15) is 11.5 Å². The molecule has 1 aromatic carbocycles. The fourth-order valence-electron chi connectivity index (χ4n) is 2.36. The summed E-state index contributed by atoms with van der Waals surface area (Å²) in [4.78, 5) is 12.1. The van der Waals surface area contributed by atoms with E-state index >= 15 is 0 Å². The Morgan fingerprint density at radius 1 is 1.42 bits per heavy atom. The van der Waals surface area contributed by atoms with Crippen LogP contribution in [0.2, 0.25) is 0 Å². The van der Waals surface area contributed by atoms with Crippen LogP contribution in [0.1, 0.15) is 42.5 Å². The van der Waals surface area contributed by atoms with Crippen LogP contribution in [-0.4, -0.2) is 23.4 Å². The Kier molecular flexibility index (Phi) is 6.73. The highest BCUT2D eigenvalue weighted by molar-refractivity contribution is 7.99. The van der Waals surface area contributed by atoms with E-state index in [1.54, 1.807) is 11.8 Å². The highest BCUT2D eigenvalue weighted by Gasteiger charge is 2.13. The lowest BCUT2D eigenvalue weighted by Crippen LogP contribution is -2.28. The minimum absolute atomic E-state index is 0.0149. The average molecular weight is 348 g/mol. The smallest absolute Gasteiger partial charge is 0.230 e. The van der Waals surface area contributed by atoms with E-state index in [1.165, 1.54) is 0 Å². The minimum Gasteiger partial charge on any atom is -0.494 e. The molecular formula is C18H24N2O3S. The summed E-state index contributed by atoms with van der Waals surface area (Å²) in [5.74, 6) is 2.79. The van der Waals surface area contributed by atoms with Gasteiger partial charge in [-0.3, -0.25) is 4.79 Å². The van der Waals surface area contributed by atoms with Gasteiger partial charge in [-0.25, -0.2) is 0 Å². The predicted molar refractivity (Wildman–Crippen MR) is 96.3 cm³/mol. The van der Waals surface area contributed by atoms with Crippen molar-refractivity contribution in [2.45, 2.75) is 39.5 Å². The Balaban J connectivity index is 1.82. The van der Waals surface area contributed by atoms with E-state index in [2.05, 4.69) is 10.5 Å². The highest BCUT2D eigenvalue weighted by atomic mass is 32.2. The van der Waals surface area contributed by atoms with Crippen molar-refractivity contribution in [3.05, 3.63) is 46.8 Å². The first-order chi connectivity index (χ1) is 11.5. The number of hydrogen-bond donors (Lipinski definition) is 1. The van der Waals surface area contributed by atoms with Gasteiger partial charge in [0.25, 0.3) is 0 Å². The summed E-state index contributed by atoms with van der Waals surface area (Å²) in [5.41, 5.74) is 3.00. The standard InChI is InChI=1S/C18H24N2O3S/c1-5-22-16-8-6-7-15(9-16)12(2)19-18(21)11-24-10-17-13(3)20-23-14(17)4/h6-9,12H,5,10-11H2,1-4H3,(H,19,21). The van der Waals surface area contributed by atoms with Gasteiger partial charge >= 0.3 is 0 Å². The minimum atomic E-state index is -0.0578. The fourth-order valence-corrected chi connectivity index (χ4v) is 3.35. The topological polar surface area (TPSA) is 64.4 Å². The van der Waals surface area contributed by atoms with Gasteiger partial charge in [0.05, 0.1) is 24.1 Å². The largest absolute Gasteiger partial charge is 0.494 e. The van der Waals surface area contributed by atoms with E-state index in [1.807, 2.05) is 52.0 Å². The molecule has 0 aliphatic heterocycles. The molecule has 0 aliphatic rings. The number of nitrogens with zero attached hydrogens (tertiary/aromatic N) is 1. The van der Waals surface area contributed by atoms with Crippen molar-refractivity contribution in [3.8, 4) is 5.75 Å². The third-order valence-electron chi connectivity index (χ3n) is 3.71. The molecule has 0 bridgehead atoms. The van der Waals surface area contributed by atoms with Crippen LogP contribution in [0.5, 0.6) is 5.75 Å². The Bertz CT molecular complexity index is 665. The molecule has 2 rings (SSSR count). The van der Waals surface area contributed by atoms with E-state index < -0.39 is 0 Å². The molecule has 0 fully saturated rings. The number of rotatable bonds is 8. The van der Waals surface area contributed by atoms with Crippen LogP contribution in [-0.2, 0) is 10.5 Å². The van der Waals surface area contributed by atoms with E-state index in [0.717, 1.165) is 34.1 Å². The normalized spacial score (nSPS) is 12.0. The molecule has 130 valence electrons. The van der Waals surface area contributed by atoms with Crippen LogP contribution in [0.4, 0.5) is 0 Å². The lowest BCUT2D eigenvalue weighted by Gasteiger charge is -2.15. The van der Waals surface area contributed by atoms with Crippen molar-refractivity contribution < 1.29 is 14.1 Å². The average Bonchev–Trinajstić information content (AvgIpc) is 2.87. The Morgan fingerprint density at radius 3 is 2.88 bits per heavy atom. The van der Waals surface area contributed by atoms with Crippen molar-refractivity contribution in [2.24, 2.45) is 0 Å². The van der Waals surface area contributed by atoms with E-state index in [4.69, 9.17) is 9.26 Å². The molecular weight excluding hydrogens is 324 g/mol. The SMILES string of the molecule is CCOc1cccc(C(C)NC(=O)CSCc2c(C)noc2C)c1. The van der Waals surface area contributed by atoms with Crippen molar-refractivity contribution in [2.75, 3.05) is 12.4 Å². The molecule has 1 amide bonds. The number of thioether (sulfide) groups is 1. The van der Waals surface area contributed by atoms with E-state index in [9.17, 15) is 4.79 Å². The number of hydrogen-bond acceptors (Lipinski definition) is 5. The number of aromatic nitrogens is 1. The number of carbonyl (C=O) groups excluding carboxylic acids is 1. The Morgan fingerprint density at radius 2 is 2.21 bits per heavy atom. The number of ether oxygens (including phenoxy) is 1. The van der Waals surface area contributed by atoms with Gasteiger partial charge in [-0.2, -0.15) is 0 Å². The molecule has 1 atom stereocenters. The van der Waals surface area contributed by atoms with Crippen LogP contribution in [0.3, 0.4) is 0 Å².